The lowest BCUT2D eigenvalue weighted by molar-refractivity contribution is -0.0213. The zero-order chi connectivity index (χ0) is 16.4. The molecule has 0 aliphatic heterocycles. The summed E-state index contributed by atoms with van der Waals surface area (Å²) < 4.78 is 33.7. The number of allylic oxidation sites excluding steroid dienone is 2. The van der Waals surface area contributed by atoms with Crippen LogP contribution in [0.3, 0.4) is 0 Å². The van der Waals surface area contributed by atoms with Crippen LogP contribution in [0.15, 0.2) is 35.1 Å². The van der Waals surface area contributed by atoms with Crippen molar-refractivity contribution >= 4 is 11.0 Å². The molecule has 1 aromatic heterocycles. The van der Waals surface area contributed by atoms with Gasteiger partial charge in [0.1, 0.15) is 5.75 Å². The average Bonchev–Trinajstić information content (AvgIpc) is 3.34. The van der Waals surface area contributed by atoms with Gasteiger partial charge in [0.2, 0.25) is 0 Å². The van der Waals surface area contributed by atoms with E-state index >= 15 is 0 Å². The number of methoxy groups -OCH3 is 1. The van der Waals surface area contributed by atoms with E-state index in [1.165, 1.54) is 7.11 Å². The number of unbranched alkanes of at least 4 members (excludes halogenated alkanes) is 1. The van der Waals surface area contributed by atoms with Crippen molar-refractivity contribution in [2.24, 2.45) is 5.92 Å². The van der Waals surface area contributed by atoms with Crippen LogP contribution in [0.4, 0.5) is 8.78 Å². The van der Waals surface area contributed by atoms with Gasteiger partial charge in [0.25, 0.3) is 11.5 Å². The maximum absolute atomic E-state index is 14.3. The van der Waals surface area contributed by atoms with Gasteiger partial charge in [-0.25, -0.2) is 4.98 Å². The highest BCUT2D eigenvalue weighted by Gasteiger charge is 2.36. The van der Waals surface area contributed by atoms with Crippen molar-refractivity contribution < 1.29 is 13.5 Å². The van der Waals surface area contributed by atoms with Gasteiger partial charge < -0.3 is 9.72 Å². The third-order valence-electron chi connectivity index (χ3n) is 3.99. The van der Waals surface area contributed by atoms with Crippen molar-refractivity contribution in [3.63, 3.8) is 0 Å². The second kappa shape index (κ2) is 6.10. The summed E-state index contributed by atoms with van der Waals surface area (Å²) >= 11 is 0. The highest BCUT2D eigenvalue weighted by Crippen LogP contribution is 2.32. The molecular weight excluding hydrogens is 302 g/mol. The van der Waals surface area contributed by atoms with E-state index in [2.05, 4.69) is 22.1 Å². The molecule has 122 valence electrons. The Labute approximate surface area is 132 Å². The molecule has 3 rings (SSSR count). The number of hydrogen-bond acceptors (Lipinski definition) is 3. The van der Waals surface area contributed by atoms with Crippen LogP contribution in [0, 0.1) is 5.92 Å². The van der Waals surface area contributed by atoms with Crippen LogP contribution in [0.5, 0.6) is 5.75 Å². The predicted molar refractivity (Wildman–Crippen MR) is 83.9 cm³/mol. The molecule has 0 saturated heterocycles. The van der Waals surface area contributed by atoms with Crippen molar-refractivity contribution in [3.05, 3.63) is 46.4 Å². The highest BCUT2D eigenvalue weighted by atomic mass is 19.3. The Bertz CT molecular complexity index is 793. The number of halogens is 2. The molecule has 0 amide bonds. The van der Waals surface area contributed by atoms with Gasteiger partial charge in [-0.3, -0.25) is 4.79 Å². The van der Waals surface area contributed by atoms with Gasteiger partial charge in [-0.05, 0) is 30.9 Å². The summed E-state index contributed by atoms with van der Waals surface area (Å²) in [4.78, 5) is 18.3. The van der Waals surface area contributed by atoms with E-state index in [1.807, 2.05) is 0 Å². The lowest BCUT2D eigenvalue weighted by Gasteiger charge is -2.15. The molecule has 0 bridgehead atoms. The molecule has 4 nitrogen and oxygen atoms in total. The van der Waals surface area contributed by atoms with Crippen LogP contribution in [-0.4, -0.2) is 17.1 Å². The number of fused-ring (bicyclic) bond motifs is 1. The van der Waals surface area contributed by atoms with Crippen molar-refractivity contribution in [1.29, 1.82) is 0 Å². The van der Waals surface area contributed by atoms with E-state index in [0.717, 1.165) is 12.8 Å². The molecule has 0 atom stereocenters. The van der Waals surface area contributed by atoms with Crippen molar-refractivity contribution in [2.75, 3.05) is 7.11 Å². The summed E-state index contributed by atoms with van der Waals surface area (Å²) in [7, 11) is 1.49. The van der Waals surface area contributed by atoms with Crippen LogP contribution in [-0.2, 0) is 5.92 Å². The Hall–Kier alpha value is -2.24. The van der Waals surface area contributed by atoms with Crippen molar-refractivity contribution in [2.45, 2.75) is 31.6 Å². The van der Waals surface area contributed by atoms with Gasteiger partial charge in [-0.1, -0.05) is 18.6 Å². The first-order chi connectivity index (χ1) is 11.0. The second-order valence-corrected chi connectivity index (χ2v) is 5.80. The molecule has 1 N–H and O–H groups in total. The van der Waals surface area contributed by atoms with Crippen molar-refractivity contribution in [1.82, 2.24) is 9.97 Å². The van der Waals surface area contributed by atoms with Gasteiger partial charge in [0.15, 0.2) is 5.69 Å². The maximum atomic E-state index is 14.3. The number of hydrogen-bond donors (Lipinski definition) is 1. The summed E-state index contributed by atoms with van der Waals surface area (Å²) in [6.45, 7) is 0. The number of benzene rings is 1. The number of nitrogens with zero attached hydrogens (tertiary/aromatic N) is 1. The molecule has 1 heterocycles. The van der Waals surface area contributed by atoms with Crippen LogP contribution >= 0.6 is 0 Å². The largest absolute Gasteiger partial charge is 0.497 e. The monoisotopic (exact) mass is 320 g/mol. The zero-order valence-electron chi connectivity index (χ0n) is 12.8. The summed E-state index contributed by atoms with van der Waals surface area (Å²) in [6, 6.07) is 4.74. The summed E-state index contributed by atoms with van der Waals surface area (Å²) in [6.07, 6.45) is 5.74. The normalized spacial score (nSPS) is 14.4. The number of alkyl halides is 2. The van der Waals surface area contributed by atoms with E-state index in [9.17, 15) is 13.6 Å². The van der Waals surface area contributed by atoms with E-state index in [1.54, 1.807) is 18.2 Å². The molecule has 0 saturated carbocycles. The van der Waals surface area contributed by atoms with E-state index in [-0.39, 0.29) is 6.42 Å². The lowest BCUT2D eigenvalue weighted by Crippen LogP contribution is -2.27. The molecule has 0 fully saturated rings. The molecule has 0 unspecified atom stereocenters. The minimum Gasteiger partial charge on any atom is -0.497 e. The Balaban J connectivity index is 1.79. The van der Waals surface area contributed by atoms with E-state index in [0.29, 0.717) is 29.1 Å². The summed E-state index contributed by atoms with van der Waals surface area (Å²) in [5.41, 5.74) is -0.852. The van der Waals surface area contributed by atoms with Crippen molar-refractivity contribution in [3.8, 4) is 5.75 Å². The van der Waals surface area contributed by atoms with Gasteiger partial charge in [0, 0.05) is 12.5 Å². The average molecular weight is 320 g/mol. The highest BCUT2D eigenvalue weighted by molar-refractivity contribution is 5.75. The summed E-state index contributed by atoms with van der Waals surface area (Å²) in [5, 5.41) is 0. The SMILES string of the molecule is COc1ccc2nc(C(F)(F)CCCCC3C=C3)c(=O)[nH]c2c1. The Kier molecular flexibility index (Phi) is 4.15. The van der Waals surface area contributed by atoms with Gasteiger partial charge in [-0.2, -0.15) is 8.78 Å². The Morgan fingerprint density at radius 3 is 2.78 bits per heavy atom. The second-order valence-electron chi connectivity index (χ2n) is 5.80. The number of H-pyrrole nitrogens is 1. The third kappa shape index (κ3) is 3.57. The molecule has 23 heavy (non-hydrogen) atoms. The smallest absolute Gasteiger partial charge is 0.295 e. The fraction of sp³-hybridized carbons (Fsp3) is 0.412. The lowest BCUT2D eigenvalue weighted by atomic mass is 10.0. The van der Waals surface area contributed by atoms with Crippen LogP contribution in [0.25, 0.3) is 11.0 Å². The first-order valence-corrected chi connectivity index (χ1v) is 7.64. The molecule has 6 heteroatoms. The predicted octanol–water partition coefficient (Wildman–Crippen LogP) is 3.77. The molecule has 1 aromatic carbocycles. The Morgan fingerprint density at radius 2 is 2.09 bits per heavy atom. The molecule has 1 aliphatic rings. The maximum Gasteiger partial charge on any atom is 0.295 e. The van der Waals surface area contributed by atoms with Gasteiger partial charge in [-0.15, -0.1) is 0 Å². The van der Waals surface area contributed by atoms with E-state index in [4.69, 9.17) is 4.74 Å². The fourth-order valence-electron chi connectivity index (χ4n) is 2.56. The third-order valence-corrected chi connectivity index (χ3v) is 3.99. The zero-order valence-corrected chi connectivity index (χ0v) is 12.8. The quantitative estimate of drug-likeness (QED) is 0.624. The topological polar surface area (TPSA) is 55.0 Å². The fourth-order valence-corrected chi connectivity index (χ4v) is 2.56. The number of rotatable bonds is 7. The first-order valence-electron chi connectivity index (χ1n) is 7.64. The number of nitrogens with one attached hydrogen (secondary N) is 1. The molecule has 1 aliphatic carbocycles. The van der Waals surface area contributed by atoms with Crippen LogP contribution in [0.2, 0.25) is 0 Å². The number of ether oxygens (including phenoxy) is 1. The van der Waals surface area contributed by atoms with Gasteiger partial charge in [0.05, 0.1) is 18.1 Å². The minimum atomic E-state index is -3.22. The minimum absolute atomic E-state index is 0.322. The van der Waals surface area contributed by atoms with Gasteiger partial charge >= 0.3 is 0 Å². The number of aromatic nitrogens is 2. The summed E-state index contributed by atoms with van der Waals surface area (Å²) in [5.74, 6) is -2.21. The molecule has 2 aromatic rings. The first kappa shape index (κ1) is 15.6. The van der Waals surface area contributed by atoms with Crippen LogP contribution in [0.1, 0.15) is 31.4 Å². The molecule has 0 radical (unpaired) electrons. The Morgan fingerprint density at radius 1 is 1.30 bits per heavy atom. The number of aromatic amines is 1. The van der Waals surface area contributed by atoms with Crippen LogP contribution < -0.4 is 10.3 Å². The molecular formula is C17H18F2N2O2. The van der Waals surface area contributed by atoms with E-state index < -0.39 is 17.2 Å². The standard InChI is InChI=1S/C17H18F2N2O2/c1-23-12-7-8-13-14(10-12)21-16(22)15(20-13)17(18,19)9-3-2-4-11-5-6-11/h5-8,10-11H,2-4,9H2,1H3,(H,21,22). The molecule has 0 spiro atoms.